The first-order chi connectivity index (χ1) is 5.95. The molecule has 0 bridgehead atoms. The fraction of sp³-hybridized carbons (Fsp3) is 0.444. The second-order valence-electron chi connectivity index (χ2n) is 2.88. The largest absolute Gasteiger partial charge is 0.289 e. The summed E-state index contributed by atoms with van der Waals surface area (Å²) in [5.74, 6) is 2.44. The van der Waals surface area contributed by atoms with E-state index in [2.05, 4.69) is 22.1 Å². The van der Waals surface area contributed by atoms with Crippen molar-refractivity contribution in [1.82, 2.24) is 9.88 Å². The van der Waals surface area contributed by atoms with E-state index in [0.717, 1.165) is 6.54 Å². The average Bonchev–Trinajstić information content (AvgIpc) is 2.59. The minimum atomic E-state index is 1.05. The third-order valence-corrected chi connectivity index (χ3v) is 2.94. The summed E-state index contributed by atoms with van der Waals surface area (Å²) < 4.78 is 0. The van der Waals surface area contributed by atoms with Crippen LogP contribution in [0.4, 0.5) is 0 Å². The van der Waals surface area contributed by atoms with Gasteiger partial charge in [-0.15, -0.1) is 11.8 Å². The van der Waals surface area contributed by atoms with E-state index in [1.165, 1.54) is 23.7 Å². The third-order valence-electron chi connectivity index (χ3n) is 1.92. The van der Waals surface area contributed by atoms with Gasteiger partial charge in [-0.1, -0.05) is 0 Å². The number of hydrogen-bond acceptors (Lipinski definition) is 3. The molecule has 0 aliphatic carbocycles. The number of rotatable bonds is 2. The van der Waals surface area contributed by atoms with Crippen LogP contribution >= 0.6 is 11.8 Å². The Kier molecular flexibility index (Phi) is 2.64. The van der Waals surface area contributed by atoms with Gasteiger partial charge in [0.2, 0.25) is 0 Å². The van der Waals surface area contributed by atoms with Gasteiger partial charge >= 0.3 is 0 Å². The Morgan fingerprint density at radius 1 is 1.67 bits per heavy atom. The Bertz CT molecular complexity index is 232. The maximum absolute atomic E-state index is 3.87. The van der Waals surface area contributed by atoms with E-state index in [1.807, 2.05) is 17.8 Å². The van der Waals surface area contributed by atoms with Crippen LogP contribution in [0.5, 0.6) is 0 Å². The molecule has 1 radical (unpaired) electrons. The molecule has 2 heterocycles. The number of thioether (sulfide) groups is 1. The molecule has 0 spiro atoms. The summed E-state index contributed by atoms with van der Waals surface area (Å²) in [6.45, 7) is 2.26. The summed E-state index contributed by atoms with van der Waals surface area (Å²) in [6, 6.07) is 4.02. The molecule has 0 atom stereocenters. The lowest BCUT2D eigenvalue weighted by Gasteiger charge is -2.12. The van der Waals surface area contributed by atoms with Crippen molar-refractivity contribution in [3.05, 3.63) is 30.1 Å². The van der Waals surface area contributed by atoms with Crippen LogP contribution in [0.2, 0.25) is 0 Å². The Morgan fingerprint density at radius 2 is 2.67 bits per heavy atom. The van der Waals surface area contributed by atoms with Crippen LogP contribution < -0.4 is 0 Å². The third kappa shape index (κ3) is 1.99. The van der Waals surface area contributed by atoms with E-state index in [-0.39, 0.29) is 0 Å². The Labute approximate surface area is 77.0 Å². The van der Waals surface area contributed by atoms with Gasteiger partial charge in [-0.25, -0.2) is 0 Å². The first-order valence-corrected chi connectivity index (χ1v) is 5.22. The highest BCUT2D eigenvalue weighted by Gasteiger charge is 2.11. The first-order valence-electron chi connectivity index (χ1n) is 4.06. The number of hydrogen-bond donors (Lipinski definition) is 0. The Hall–Kier alpha value is -0.540. The molecule has 0 aromatic carbocycles. The van der Waals surface area contributed by atoms with Crippen LogP contribution in [0.25, 0.3) is 0 Å². The van der Waals surface area contributed by atoms with Crippen LogP contribution in [0.1, 0.15) is 5.56 Å². The number of nitrogens with zero attached hydrogens (tertiary/aromatic N) is 2. The monoisotopic (exact) mass is 179 g/mol. The van der Waals surface area contributed by atoms with E-state index >= 15 is 0 Å². The summed E-state index contributed by atoms with van der Waals surface area (Å²) in [6.07, 6.45) is 4.66. The smallest absolute Gasteiger partial charge is 0.0889 e. The molecule has 2 nitrogen and oxygen atoms in total. The van der Waals surface area contributed by atoms with Gasteiger partial charge in [0.05, 0.1) is 6.20 Å². The molecule has 1 aliphatic rings. The lowest BCUT2D eigenvalue weighted by Crippen LogP contribution is -2.18. The highest BCUT2D eigenvalue weighted by atomic mass is 32.2. The Balaban J connectivity index is 1.94. The quantitative estimate of drug-likeness (QED) is 0.682. The van der Waals surface area contributed by atoms with E-state index in [9.17, 15) is 0 Å². The highest BCUT2D eigenvalue weighted by molar-refractivity contribution is 7.99. The molecular formula is C9H11N2S. The van der Waals surface area contributed by atoms with Crippen LogP contribution in [-0.4, -0.2) is 28.1 Å². The molecule has 3 heteroatoms. The molecule has 12 heavy (non-hydrogen) atoms. The van der Waals surface area contributed by atoms with Crippen molar-refractivity contribution in [2.45, 2.75) is 6.54 Å². The van der Waals surface area contributed by atoms with Gasteiger partial charge in [-0.05, 0) is 17.7 Å². The van der Waals surface area contributed by atoms with Crippen molar-refractivity contribution in [3.63, 3.8) is 0 Å². The van der Waals surface area contributed by atoms with Crippen LogP contribution in [0.15, 0.2) is 18.3 Å². The molecule has 63 valence electrons. The predicted octanol–water partition coefficient (Wildman–Crippen LogP) is 1.39. The van der Waals surface area contributed by atoms with Gasteiger partial charge in [0.25, 0.3) is 0 Å². The molecule has 1 aliphatic heterocycles. The predicted molar refractivity (Wildman–Crippen MR) is 50.8 cm³/mol. The SMILES string of the molecule is [c]1cc(CN2CCSC2)ccn1. The minimum Gasteiger partial charge on any atom is -0.289 e. The van der Waals surface area contributed by atoms with Gasteiger partial charge in [0.15, 0.2) is 0 Å². The molecule has 0 unspecified atom stereocenters. The molecule has 1 saturated heterocycles. The van der Waals surface area contributed by atoms with E-state index in [0.29, 0.717) is 0 Å². The van der Waals surface area contributed by atoms with Crippen LogP contribution in [0.3, 0.4) is 0 Å². The van der Waals surface area contributed by atoms with Crippen molar-refractivity contribution >= 4 is 11.8 Å². The summed E-state index contributed by atoms with van der Waals surface area (Å²) in [5, 5.41) is 0. The second-order valence-corrected chi connectivity index (χ2v) is 3.96. The number of aromatic nitrogens is 1. The lowest BCUT2D eigenvalue weighted by molar-refractivity contribution is 0.348. The zero-order valence-electron chi connectivity index (χ0n) is 6.86. The molecule has 0 N–H and O–H groups in total. The standard InChI is InChI=1S/C9H11N2S/c1-3-10-4-2-9(1)7-11-5-6-12-8-11/h1-3H,5-8H2. The molecule has 0 amide bonds. The van der Waals surface area contributed by atoms with E-state index < -0.39 is 0 Å². The Morgan fingerprint density at radius 3 is 3.33 bits per heavy atom. The molecular weight excluding hydrogens is 168 g/mol. The van der Waals surface area contributed by atoms with Crippen molar-refractivity contribution in [1.29, 1.82) is 0 Å². The molecule has 1 aromatic rings. The number of pyridine rings is 1. The van der Waals surface area contributed by atoms with E-state index in [1.54, 1.807) is 6.20 Å². The molecule has 0 saturated carbocycles. The van der Waals surface area contributed by atoms with Crippen LogP contribution in [0, 0.1) is 6.20 Å². The van der Waals surface area contributed by atoms with Gasteiger partial charge in [0, 0.05) is 30.9 Å². The summed E-state index contributed by atoms with van der Waals surface area (Å²) in [5.41, 5.74) is 1.31. The van der Waals surface area contributed by atoms with Gasteiger partial charge in [-0.3, -0.25) is 9.88 Å². The normalized spacial score (nSPS) is 18.3. The maximum Gasteiger partial charge on any atom is 0.0889 e. The van der Waals surface area contributed by atoms with E-state index in [4.69, 9.17) is 0 Å². The second kappa shape index (κ2) is 3.92. The van der Waals surface area contributed by atoms with Crippen molar-refractivity contribution in [3.8, 4) is 0 Å². The van der Waals surface area contributed by atoms with Gasteiger partial charge < -0.3 is 0 Å². The van der Waals surface area contributed by atoms with Crippen molar-refractivity contribution in [2.24, 2.45) is 0 Å². The minimum absolute atomic E-state index is 1.05. The summed E-state index contributed by atoms with van der Waals surface area (Å²) >= 11 is 2.00. The van der Waals surface area contributed by atoms with Crippen LogP contribution in [-0.2, 0) is 6.54 Å². The summed E-state index contributed by atoms with van der Waals surface area (Å²) in [7, 11) is 0. The molecule has 2 rings (SSSR count). The zero-order valence-corrected chi connectivity index (χ0v) is 7.68. The zero-order chi connectivity index (χ0) is 8.23. The fourth-order valence-electron chi connectivity index (χ4n) is 1.28. The lowest BCUT2D eigenvalue weighted by atomic mass is 10.2. The van der Waals surface area contributed by atoms with Crippen molar-refractivity contribution in [2.75, 3.05) is 18.2 Å². The highest BCUT2D eigenvalue weighted by Crippen LogP contribution is 2.15. The fourth-order valence-corrected chi connectivity index (χ4v) is 2.27. The average molecular weight is 179 g/mol. The maximum atomic E-state index is 3.87. The topological polar surface area (TPSA) is 16.1 Å². The van der Waals surface area contributed by atoms with Gasteiger partial charge in [-0.2, -0.15) is 0 Å². The van der Waals surface area contributed by atoms with Gasteiger partial charge in [0.1, 0.15) is 0 Å². The molecule has 1 fully saturated rings. The first kappa shape index (κ1) is 8.08. The summed E-state index contributed by atoms with van der Waals surface area (Å²) in [4.78, 5) is 6.31. The molecule has 1 aromatic heterocycles. The van der Waals surface area contributed by atoms with Crippen molar-refractivity contribution < 1.29 is 0 Å².